The number of aromatic nitrogens is 1. The molecular weight excluding hydrogens is 478 g/mol. The van der Waals surface area contributed by atoms with Gasteiger partial charge in [0, 0.05) is 24.7 Å². The van der Waals surface area contributed by atoms with E-state index >= 15 is 0 Å². The van der Waals surface area contributed by atoms with Crippen molar-refractivity contribution in [3.63, 3.8) is 0 Å². The zero-order valence-electron chi connectivity index (χ0n) is 22.3. The molecule has 0 aliphatic carbocycles. The molecule has 8 nitrogen and oxygen atoms in total. The molecule has 2 atom stereocenters. The molecule has 8 heteroatoms. The number of hydrogen-bond donors (Lipinski definition) is 0. The molecule has 0 spiro atoms. The standard InChI is InChI=1S/C30H35N5O3/c1-20-10-11-24-23(7-5-8-25(24)32-20)21-12-15-34(16-13-21)17-14-22-6-4-9-26-29(22)38-18-27-28(31-19-35(26)27)30(36)33(2)37-3/h4-11,19,21,27-28H,12-18H2,1-3H3. The van der Waals surface area contributed by atoms with E-state index in [1.54, 1.807) is 13.4 Å². The van der Waals surface area contributed by atoms with Crippen molar-refractivity contribution < 1.29 is 14.4 Å². The maximum Gasteiger partial charge on any atom is 0.272 e. The number of aliphatic imine (C=N–C) groups is 1. The van der Waals surface area contributed by atoms with Crippen LogP contribution in [0, 0.1) is 6.92 Å². The summed E-state index contributed by atoms with van der Waals surface area (Å²) in [5.41, 5.74) is 5.80. The molecule has 3 aliphatic heterocycles. The number of hydroxylamine groups is 2. The number of carbonyl (C=O) groups is 1. The average Bonchev–Trinajstić information content (AvgIpc) is 3.39. The number of piperidine rings is 1. The Labute approximate surface area is 223 Å². The van der Waals surface area contributed by atoms with E-state index in [4.69, 9.17) is 14.6 Å². The molecule has 2 unspecified atom stereocenters. The van der Waals surface area contributed by atoms with Crippen LogP contribution >= 0.6 is 0 Å². The zero-order chi connectivity index (χ0) is 26.2. The Hall–Kier alpha value is -3.49. The summed E-state index contributed by atoms with van der Waals surface area (Å²) in [6.07, 6.45) is 5.02. The Balaban J connectivity index is 1.09. The van der Waals surface area contributed by atoms with Crippen LogP contribution in [0.1, 0.15) is 35.6 Å². The SMILES string of the molecule is CON(C)C(=O)C1N=CN2c3cccc(CCN4CCC(c5cccc6nc(C)ccc56)CC4)c3OCC12. The van der Waals surface area contributed by atoms with Gasteiger partial charge >= 0.3 is 0 Å². The van der Waals surface area contributed by atoms with Crippen molar-refractivity contribution >= 4 is 28.8 Å². The molecule has 198 valence electrons. The number of carbonyl (C=O) groups excluding carboxylic acids is 1. The molecule has 6 rings (SSSR count). The van der Waals surface area contributed by atoms with Crippen LogP contribution in [0.25, 0.3) is 10.9 Å². The van der Waals surface area contributed by atoms with E-state index in [1.807, 2.05) is 0 Å². The van der Waals surface area contributed by atoms with Gasteiger partial charge in [0.2, 0.25) is 0 Å². The number of anilines is 1. The summed E-state index contributed by atoms with van der Waals surface area (Å²) in [7, 11) is 3.09. The molecule has 1 amide bonds. The first-order valence-electron chi connectivity index (χ1n) is 13.5. The average molecular weight is 514 g/mol. The minimum atomic E-state index is -0.528. The molecule has 1 saturated heterocycles. The summed E-state index contributed by atoms with van der Waals surface area (Å²) in [5.74, 6) is 1.32. The molecule has 2 aromatic carbocycles. The lowest BCUT2D eigenvalue weighted by molar-refractivity contribution is -0.170. The molecule has 1 aromatic heterocycles. The fraction of sp³-hybridized carbons (Fsp3) is 0.433. The number of nitrogens with zero attached hydrogens (tertiary/aromatic N) is 5. The van der Waals surface area contributed by atoms with Crippen molar-refractivity contribution in [1.29, 1.82) is 0 Å². The number of rotatable bonds is 6. The minimum absolute atomic E-state index is 0.157. The number of benzene rings is 2. The first-order valence-corrected chi connectivity index (χ1v) is 13.5. The number of amides is 1. The first kappa shape index (κ1) is 24.8. The number of fused-ring (bicyclic) bond motifs is 4. The predicted molar refractivity (Wildman–Crippen MR) is 149 cm³/mol. The van der Waals surface area contributed by atoms with Gasteiger partial charge in [-0.15, -0.1) is 0 Å². The Morgan fingerprint density at radius 2 is 1.95 bits per heavy atom. The van der Waals surface area contributed by atoms with Crippen molar-refractivity contribution in [1.82, 2.24) is 14.9 Å². The highest BCUT2D eigenvalue weighted by molar-refractivity contribution is 5.94. The lowest BCUT2D eigenvalue weighted by Gasteiger charge is -2.36. The molecule has 3 aliphatic rings. The number of ether oxygens (including phenoxy) is 1. The zero-order valence-corrected chi connectivity index (χ0v) is 22.3. The van der Waals surface area contributed by atoms with Crippen LogP contribution in [0.4, 0.5) is 5.69 Å². The molecule has 38 heavy (non-hydrogen) atoms. The second-order valence-corrected chi connectivity index (χ2v) is 10.5. The molecule has 0 saturated carbocycles. The van der Waals surface area contributed by atoms with Gasteiger partial charge < -0.3 is 14.5 Å². The Morgan fingerprint density at radius 3 is 2.76 bits per heavy atom. The van der Waals surface area contributed by atoms with Gasteiger partial charge in [0.05, 0.1) is 24.7 Å². The Kier molecular flexibility index (Phi) is 6.76. The topological polar surface area (TPSA) is 70.5 Å². The number of likely N-dealkylation sites (N-methyl/N-ethyl adjacent to an activating group) is 1. The van der Waals surface area contributed by atoms with Crippen molar-refractivity contribution in [2.75, 3.05) is 45.3 Å². The third kappa shape index (κ3) is 4.52. The van der Waals surface area contributed by atoms with Gasteiger partial charge in [-0.1, -0.05) is 30.3 Å². The quantitative estimate of drug-likeness (QED) is 0.465. The molecule has 3 aromatic rings. The van der Waals surface area contributed by atoms with Crippen LogP contribution in [-0.2, 0) is 16.1 Å². The van der Waals surface area contributed by atoms with Gasteiger partial charge in [-0.3, -0.25) is 19.6 Å². The van der Waals surface area contributed by atoms with E-state index in [2.05, 4.69) is 70.2 Å². The summed E-state index contributed by atoms with van der Waals surface area (Å²) in [6, 6.07) is 16.5. The van der Waals surface area contributed by atoms with Crippen molar-refractivity contribution in [2.45, 2.75) is 44.2 Å². The normalized spacial score (nSPS) is 21.3. The number of pyridine rings is 1. The van der Waals surface area contributed by atoms with Crippen LogP contribution in [0.5, 0.6) is 5.75 Å². The van der Waals surface area contributed by atoms with Gasteiger partial charge in [-0.2, -0.15) is 0 Å². The summed E-state index contributed by atoms with van der Waals surface area (Å²) < 4.78 is 6.27. The fourth-order valence-electron chi connectivity index (χ4n) is 6.09. The van der Waals surface area contributed by atoms with Crippen LogP contribution < -0.4 is 9.64 Å². The summed E-state index contributed by atoms with van der Waals surface area (Å²) in [6.45, 7) is 5.65. The predicted octanol–water partition coefficient (Wildman–Crippen LogP) is 3.96. The van der Waals surface area contributed by atoms with Crippen LogP contribution in [0.3, 0.4) is 0 Å². The lowest BCUT2D eigenvalue weighted by Crippen LogP contribution is -2.50. The van der Waals surface area contributed by atoms with E-state index in [9.17, 15) is 4.79 Å². The smallest absolute Gasteiger partial charge is 0.272 e. The number of likely N-dealkylation sites (tertiary alicyclic amines) is 1. The van der Waals surface area contributed by atoms with Gasteiger partial charge in [0.25, 0.3) is 5.91 Å². The van der Waals surface area contributed by atoms with Gasteiger partial charge in [0.15, 0.2) is 6.04 Å². The lowest BCUT2D eigenvalue weighted by atomic mass is 9.87. The highest BCUT2D eigenvalue weighted by Crippen LogP contribution is 2.40. The van der Waals surface area contributed by atoms with E-state index in [0.717, 1.165) is 61.5 Å². The second kappa shape index (κ2) is 10.3. The van der Waals surface area contributed by atoms with Crippen LogP contribution in [-0.4, -0.2) is 79.7 Å². The molecule has 1 fully saturated rings. The monoisotopic (exact) mass is 513 g/mol. The molecule has 4 heterocycles. The van der Waals surface area contributed by atoms with Gasteiger partial charge in [-0.25, -0.2) is 5.06 Å². The van der Waals surface area contributed by atoms with Crippen molar-refractivity contribution in [3.05, 3.63) is 65.4 Å². The third-order valence-electron chi connectivity index (χ3n) is 8.29. The largest absolute Gasteiger partial charge is 0.489 e. The maximum absolute atomic E-state index is 12.7. The summed E-state index contributed by atoms with van der Waals surface area (Å²) in [4.78, 5) is 31.6. The Bertz CT molecular complexity index is 1370. The highest BCUT2D eigenvalue weighted by Gasteiger charge is 2.42. The van der Waals surface area contributed by atoms with Crippen LogP contribution in [0.15, 0.2) is 53.5 Å². The van der Waals surface area contributed by atoms with Crippen molar-refractivity contribution in [2.24, 2.45) is 4.99 Å². The minimum Gasteiger partial charge on any atom is -0.489 e. The number of aryl methyl sites for hydroxylation is 1. The maximum atomic E-state index is 12.7. The summed E-state index contributed by atoms with van der Waals surface area (Å²) in [5, 5.41) is 2.53. The first-order chi connectivity index (χ1) is 18.5. The molecular formula is C30H35N5O3. The fourth-order valence-corrected chi connectivity index (χ4v) is 6.09. The molecule has 0 bridgehead atoms. The van der Waals surface area contributed by atoms with E-state index in [1.165, 1.54) is 28.7 Å². The van der Waals surface area contributed by atoms with E-state index in [-0.39, 0.29) is 11.9 Å². The van der Waals surface area contributed by atoms with E-state index < -0.39 is 6.04 Å². The second-order valence-electron chi connectivity index (χ2n) is 10.5. The molecule has 0 N–H and O–H groups in total. The highest BCUT2D eigenvalue weighted by atomic mass is 16.7. The van der Waals surface area contributed by atoms with Crippen molar-refractivity contribution in [3.8, 4) is 5.75 Å². The summed E-state index contributed by atoms with van der Waals surface area (Å²) >= 11 is 0. The van der Waals surface area contributed by atoms with Gasteiger partial charge in [-0.05, 0) is 74.5 Å². The third-order valence-corrected chi connectivity index (χ3v) is 8.29. The van der Waals surface area contributed by atoms with E-state index in [0.29, 0.717) is 12.5 Å². The van der Waals surface area contributed by atoms with Crippen LogP contribution in [0.2, 0.25) is 0 Å². The number of para-hydroxylation sites is 1. The van der Waals surface area contributed by atoms with Gasteiger partial charge in [0.1, 0.15) is 18.4 Å². The Morgan fingerprint density at radius 1 is 1.13 bits per heavy atom. The molecule has 0 radical (unpaired) electrons. The number of hydrogen-bond acceptors (Lipinski definition) is 7.